The number of hydrogen-bond donors (Lipinski definition) is 2. The minimum atomic E-state index is -1.25. The summed E-state index contributed by atoms with van der Waals surface area (Å²) in [5.74, 6) is -1.71. The van der Waals surface area contributed by atoms with Crippen LogP contribution in [0, 0.1) is 6.92 Å². The van der Waals surface area contributed by atoms with Gasteiger partial charge in [0.15, 0.2) is 5.78 Å². The van der Waals surface area contributed by atoms with E-state index in [1.165, 1.54) is 12.1 Å². The third kappa shape index (κ3) is 3.46. The highest BCUT2D eigenvalue weighted by Crippen LogP contribution is 2.28. The predicted octanol–water partition coefficient (Wildman–Crippen LogP) is 4.83. The number of hydrogen-bond acceptors (Lipinski definition) is 3. The molecule has 3 aromatic carbocycles. The second-order valence-corrected chi connectivity index (χ2v) is 6.44. The van der Waals surface area contributed by atoms with Crippen LogP contribution in [0.2, 0.25) is 5.02 Å². The molecule has 0 atom stereocenters. The third-order valence-electron chi connectivity index (χ3n) is 4.10. The Labute approximate surface area is 155 Å². The van der Waals surface area contributed by atoms with E-state index >= 15 is 0 Å². The summed E-state index contributed by atoms with van der Waals surface area (Å²) < 4.78 is 0. The molecule has 3 N–H and O–H groups in total. The van der Waals surface area contributed by atoms with Gasteiger partial charge in [-0.05, 0) is 36.2 Å². The number of nitrogen functional groups attached to an aromatic ring is 1. The molecule has 0 bridgehead atoms. The molecule has 0 unspecified atom stereocenters. The Hall–Kier alpha value is -3.11. The Morgan fingerprint density at radius 1 is 0.962 bits per heavy atom. The lowest BCUT2D eigenvalue weighted by Crippen LogP contribution is -2.13. The van der Waals surface area contributed by atoms with Gasteiger partial charge in [0.2, 0.25) is 0 Å². The van der Waals surface area contributed by atoms with Gasteiger partial charge < -0.3 is 10.8 Å². The Kier molecular flexibility index (Phi) is 4.78. The number of carboxylic acids is 1. The van der Waals surface area contributed by atoms with Gasteiger partial charge in [0.05, 0.1) is 11.1 Å². The van der Waals surface area contributed by atoms with Crippen LogP contribution < -0.4 is 5.73 Å². The van der Waals surface area contributed by atoms with E-state index in [9.17, 15) is 14.7 Å². The molecule has 26 heavy (non-hydrogen) atoms. The zero-order chi connectivity index (χ0) is 18.8. The number of nitrogens with two attached hydrogens (primary N) is 1. The number of carbonyl (C=O) groups is 2. The van der Waals surface area contributed by atoms with Crippen molar-refractivity contribution in [3.05, 3.63) is 87.9 Å². The molecule has 0 aliphatic rings. The van der Waals surface area contributed by atoms with E-state index in [2.05, 4.69) is 0 Å². The molecule has 0 aromatic heterocycles. The molecule has 5 heteroatoms. The fourth-order valence-electron chi connectivity index (χ4n) is 2.78. The van der Waals surface area contributed by atoms with Crippen LogP contribution >= 0.6 is 11.6 Å². The van der Waals surface area contributed by atoms with Crippen LogP contribution in [-0.4, -0.2) is 16.9 Å². The predicted molar refractivity (Wildman–Crippen MR) is 103 cm³/mol. The van der Waals surface area contributed by atoms with Crippen molar-refractivity contribution in [2.75, 3.05) is 5.73 Å². The van der Waals surface area contributed by atoms with Crippen molar-refractivity contribution in [1.82, 2.24) is 0 Å². The van der Waals surface area contributed by atoms with Crippen molar-refractivity contribution in [2.45, 2.75) is 6.92 Å². The molecular formula is C21H16ClNO3. The molecule has 0 aliphatic carbocycles. The van der Waals surface area contributed by atoms with Crippen LogP contribution in [-0.2, 0) is 0 Å². The Morgan fingerprint density at radius 3 is 2.31 bits per heavy atom. The summed E-state index contributed by atoms with van der Waals surface area (Å²) in [5, 5.41) is 9.57. The van der Waals surface area contributed by atoms with E-state index in [0.29, 0.717) is 5.56 Å². The molecule has 3 aromatic rings. The van der Waals surface area contributed by atoms with Crippen molar-refractivity contribution >= 4 is 29.0 Å². The summed E-state index contributed by atoms with van der Waals surface area (Å²) in [6.07, 6.45) is 0. The second kappa shape index (κ2) is 7.02. The minimum absolute atomic E-state index is 0.0423. The van der Waals surface area contributed by atoms with Gasteiger partial charge >= 0.3 is 5.97 Å². The fourth-order valence-corrected chi connectivity index (χ4v) is 3.01. The smallest absolute Gasteiger partial charge is 0.336 e. The van der Waals surface area contributed by atoms with Crippen LogP contribution in [0.15, 0.2) is 60.7 Å². The molecule has 0 radical (unpaired) electrons. The Bertz CT molecular complexity index is 1010. The molecule has 3 rings (SSSR count). The van der Waals surface area contributed by atoms with Crippen molar-refractivity contribution in [3.8, 4) is 11.1 Å². The number of rotatable bonds is 4. The van der Waals surface area contributed by atoms with Gasteiger partial charge in [-0.15, -0.1) is 0 Å². The van der Waals surface area contributed by atoms with E-state index in [1.807, 2.05) is 37.3 Å². The van der Waals surface area contributed by atoms with E-state index < -0.39 is 11.8 Å². The van der Waals surface area contributed by atoms with Crippen LogP contribution in [0.3, 0.4) is 0 Å². The average molecular weight is 366 g/mol. The van der Waals surface area contributed by atoms with Crippen molar-refractivity contribution in [1.29, 1.82) is 0 Å². The van der Waals surface area contributed by atoms with E-state index in [4.69, 9.17) is 17.3 Å². The standard InChI is InChI=1S/C21H16ClNO3/c1-12-5-7-13(8-6-12)14-3-2-4-15(9-14)20(24)19-17(21(25)26)10-16(22)11-18(19)23/h2-11H,23H2,1H3,(H,25,26). The summed E-state index contributed by atoms with van der Waals surface area (Å²) >= 11 is 5.88. The van der Waals surface area contributed by atoms with Gasteiger partial charge in [0.25, 0.3) is 0 Å². The Morgan fingerprint density at radius 2 is 1.65 bits per heavy atom. The summed E-state index contributed by atoms with van der Waals surface area (Å²) in [7, 11) is 0. The van der Waals surface area contributed by atoms with Crippen molar-refractivity contribution < 1.29 is 14.7 Å². The first kappa shape index (κ1) is 17.7. The SMILES string of the molecule is Cc1ccc(-c2cccc(C(=O)c3c(N)cc(Cl)cc3C(=O)O)c2)cc1. The van der Waals surface area contributed by atoms with Gasteiger partial charge in [-0.1, -0.05) is 59.6 Å². The van der Waals surface area contributed by atoms with E-state index in [0.717, 1.165) is 16.7 Å². The van der Waals surface area contributed by atoms with Crippen LogP contribution in [0.1, 0.15) is 31.8 Å². The van der Waals surface area contributed by atoms with Gasteiger partial charge in [0, 0.05) is 16.3 Å². The maximum atomic E-state index is 13.0. The minimum Gasteiger partial charge on any atom is -0.478 e. The number of aryl methyl sites for hydroxylation is 1. The third-order valence-corrected chi connectivity index (χ3v) is 4.32. The quantitative estimate of drug-likeness (QED) is 0.512. The van der Waals surface area contributed by atoms with Gasteiger partial charge in [-0.2, -0.15) is 0 Å². The van der Waals surface area contributed by atoms with Crippen molar-refractivity contribution in [2.24, 2.45) is 0 Å². The molecular weight excluding hydrogens is 350 g/mol. The lowest BCUT2D eigenvalue weighted by molar-refractivity contribution is 0.0693. The number of anilines is 1. The number of carboxylic acid groups (broad SMARTS) is 1. The average Bonchev–Trinajstić information content (AvgIpc) is 2.61. The lowest BCUT2D eigenvalue weighted by Gasteiger charge is -2.11. The maximum Gasteiger partial charge on any atom is 0.336 e. The largest absolute Gasteiger partial charge is 0.478 e. The highest BCUT2D eigenvalue weighted by Gasteiger charge is 2.22. The number of benzene rings is 3. The highest BCUT2D eigenvalue weighted by atomic mass is 35.5. The molecule has 0 saturated carbocycles. The van der Waals surface area contributed by atoms with Crippen molar-refractivity contribution in [3.63, 3.8) is 0 Å². The highest BCUT2D eigenvalue weighted by molar-refractivity contribution is 6.32. The van der Waals surface area contributed by atoms with Crippen LogP contribution in [0.4, 0.5) is 5.69 Å². The van der Waals surface area contributed by atoms with Gasteiger partial charge in [-0.25, -0.2) is 4.79 Å². The molecule has 0 heterocycles. The summed E-state index contributed by atoms with van der Waals surface area (Å²) in [5.41, 5.74) is 9.00. The number of carbonyl (C=O) groups excluding carboxylic acids is 1. The molecule has 0 fully saturated rings. The number of halogens is 1. The normalized spacial score (nSPS) is 10.5. The molecule has 0 saturated heterocycles. The van der Waals surface area contributed by atoms with E-state index in [-0.39, 0.29) is 21.8 Å². The summed E-state index contributed by atoms with van der Waals surface area (Å²) in [6, 6.07) is 17.6. The van der Waals surface area contributed by atoms with Gasteiger partial charge in [-0.3, -0.25) is 4.79 Å². The zero-order valence-corrected chi connectivity index (χ0v) is 14.7. The summed E-state index contributed by atoms with van der Waals surface area (Å²) in [4.78, 5) is 24.5. The Balaban J connectivity index is 2.08. The maximum absolute atomic E-state index is 13.0. The van der Waals surface area contributed by atoms with Gasteiger partial charge in [0.1, 0.15) is 0 Å². The first-order chi connectivity index (χ1) is 12.4. The molecule has 0 aliphatic heterocycles. The molecule has 130 valence electrons. The van der Waals surface area contributed by atoms with E-state index in [1.54, 1.807) is 18.2 Å². The molecule has 0 amide bonds. The topological polar surface area (TPSA) is 80.4 Å². The molecule has 0 spiro atoms. The monoisotopic (exact) mass is 365 g/mol. The number of ketones is 1. The fraction of sp³-hybridized carbons (Fsp3) is 0.0476. The van der Waals surface area contributed by atoms with Crippen LogP contribution in [0.25, 0.3) is 11.1 Å². The summed E-state index contributed by atoms with van der Waals surface area (Å²) in [6.45, 7) is 2.00. The lowest BCUT2D eigenvalue weighted by atomic mass is 9.94. The second-order valence-electron chi connectivity index (χ2n) is 6.00. The zero-order valence-electron chi connectivity index (χ0n) is 14.0. The number of aromatic carboxylic acids is 1. The molecule has 4 nitrogen and oxygen atoms in total. The first-order valence-electron chi connectivity index (χ1n) is 7.91. The van der Waals surface area contributed by atoms with Crippen LogP contribution in [0.5, 0.6) is 0 Å². The first-order valence-corrected chi connectivity index (χ1v) is 8.28.